The Hall–Kier alpha value is -2.44. The summed E-state index contributed by atoms with van der Waals surface area (Å²) >= 11 is 0. The van der Waals surface area contributed by atoms with E-state index in [1.165, 1.54) is 14.0 Å². The molecule has 0 fully saturated rings. The molecule has 0 heterocycles. The van der Waals surface area contributed by atoms with Crippen LogP contribution in [0.3, 0.4) is 0 Å². The lowest BCUT2D eigenvalue weighted by Crippen LogP contribution is -2.45. The molecule has 4 N–H and O–H groups in total. The molecule has 0 aliphatic carbocycles. The van der Waals surface area contributed by atoms with E-state index < -0.39 is 18.0 Å². The van der Waals surface area contributed by atoms with E-state index in [9.17, 15) is 9.59 Å². The van der Waals surface area contributed by atoms with Gasteiger partial charge in [0.05, 0.1) is 12.8 Å². The predicted octanol–water partition coefficient (Wildman–Crippen LogP) is 0.890. The number of nitrogens with one attached hydrogen (secondary N) is 2. The molecule has 1 rings (SSSR count). The first kappa shape index (κ1) is 15.6. The molecule has 0 aliphatic rings. The van der Waals surface area contributed by atoms with Gasteiger partial charge in [0.2, 0.25) is 0 Å². The fourth-order valence-corrected chi connectivity index (χ4v) is 1.41. The first-order chi connectivity index (χ1) is 9.47. The quantitative estimate of drug-likeness (QED) is 0.696. The van der Waals surface area contributed by atoms with Gasteiger partial charge in [-0.25, -0.2) is 4.79 Å². The van der Waals surface area contributed by atoms with E-state index in [4.69, 9.17) is 15.2 Å². The smallest absolute Gasteiger partial charge is 0.321 e. The number of rotatable bonds is 5. The monoisotopic (exact) mass is 281 g/mol. The Labute approximate surface area is 117 Å². The van der Waals surface area contributed by atoms with Gasteiger partial charge in [0.1, 0.15) is 11.5 Å². The number of carbonyl (C=O) groups excluding carboxylic acids is 2. The van der Waals surface area contributed by atoms with Crippen molar-refractivity contribution >= 4 is 17.6 Å². The summed E-state index contributed by atoms with van der Waals surface area (Å²) in [6.45, 7) is 3.70. The maximum Gasteiger partial charge on any atom is 0.321 e. The highest BCUT2D eigenvalue weighted by Gasteiger charge is 2.18. The van der Waals surface area contributed by atoms with Crippen molar-refractivity contribution in [3.63, 3.8) is 0 Å². The Balaban J connectivity index is 2.67. The number of methoxy groups -OCH3 is 1. The average Bonchev–Trinajstić information content (AvgIpc) is 2.41. The zero-order valence-electron chi connectivity index (χ0n) is 11.7. The second-order valence-corrected chi connectivity index (χ2v) is 4.01. The van der Waals surface area contributed by atoms with Crippen LogP contribution in [0.25, 0.3) is 0 Å². The largest absolute Gasteiger partial charge is 0.497 e. The molecule has 1 atom stereocenters. The summed E-state index contributed by atoms with van der Waals surface area (Å²) in [5.41, 5.74) is 6.13. The molecule has 1 aromatic rings. The highest BCUT2D eigenvalue weighted by atomic mass is 16.5. The molecule has 7 heteroatoms. The summed E-state index contributed by atoms with van der Waals surface area (Å²) in [5.74, 6) is 0.326. The first-order valence-electron chi connectivity index (χ1n) is 6.16. The van der Waals surface area contributed by atoms with Crippen molar-refractivity contribution in [2.24, 2.45) is 0 Å². The number of ether oxygens (including phenoxy) is 2. The first-order valence-corrected chi connectivity index (χ1v) is 6.16. The normalized spacial score (nSPS) is 11.3. The standard InChI is InChI=1S/C13H19N3O4/c1-4-15-13(18)16-12(17)8(2)20-11-7-9(19-3)5-6-10(11)14/h5-8H,4,14H2,1-3H3,(H2,15,16,17,18). The topological polar surface area (TPSA) is 103 Å². The van der Waals surface area contributed by atoms with Crippen molar-refractivity contribution in [1.29, 1.82) is 0 Å². The molecule has 20 heavy (non-hydrogen) atoms. The molecule has 0 spiro atoms. The Kier molecular flexibility index (Phi) is 5.64. The summed E-state index contributed by atoms with van der Waals surface area (Å²) in [6.07, 6.45) is -0.869. The summed E-state index contributed by atoms with van der Waals surface area (Å²) in [6, 6.07) is 4.31. The molecule has 7 nitrogen and oxygen atoms in total. The van der Waals surface area contributed by atoms with E-state index in [1.54, 1.807) is 25.1 Å². The number of urea groups is 1. The fourth-order valence-electron chi connectivity index (χ4n) is 1.41. The summed E-state index contributed by atoms with van der Waals surface area (Å²) in [7, 11) is 1.51. The van der Waals surface area contributed by atoms with Crippen LogP contribution >= 0.6 is 0 Å². The molecule has 0 saturated heterocycles. The molecule has 0 aliphatic heterocycles. The fraction of sp³-hybridized carbons (Fsp3) is 0.385. The summed E-state index contributed by atoms with van der Waals surface area (Å²) in [5, 5.41) is 4.62. The number of carbonyl (C=O) groups is 2. The number of benzene rings is 1. The lowest BCUT2D eigenvalue weighted by Gasteiger charge is -2.16. The molecule has 0 saturated carbocycles. The van der Waals surface area contributed by atoms with Crippen molar-refractivity contribution in [3.8, 4) is 11.5 Å². The average molecular weight is 281 g/mol. The van der Waals surface area contributed by atoms with Gasteiger partial charge in [0.25, 0.3) is 5.91 Å². The van der Waals surface area contributed by atoms with E-state index in [0.717, 1.165) is 0 Å². The van der Waals surface area contributed by atoms with Crippen LogP contribution in [0.1, 0.15) is 13.8 Å². The Bertz CT molecular complexity index is 491. The lowest BCUT2D eigenvalue weighted by atomic mass is 10.2. The number of nitrogen functional groups attached to an aromatic ring is 1. The zero-order valence-corrected chi connectivity index (χ0v) is 11.7. The molecule has 1 unspecified atom stereocenters. The molecule has 0 bridgehead atoms. The SMILES string of the molecule is CCNC(=O)NC(=O)C(C)Oc1cc(OC)ccc1N. The van der Waals surface area contributed by atoms with Gasteiger partial charge in [-0.1, -0.05) is 0 Å². The third-order valence-corrected chi connectivity index (χ3v) is 2.47. The molecular weight excluding hydrogens is 262 g/mol. The van der Waals surface area contributed by atoms with Gasteiger partial charge in [-0.05, 0) is 26.0 Å². The van der Waals surface area contributed by atoms with Crippen LogP contribution < -0.4 is 25.8 Å². The highest BCUT2D eigenvalue weighted by molar-refractivity contribution is 5.96. The number of hydrogen-bond donors (Lipinski definition) is 3. The third-order valence-electron chi connectivity index (χ3n) is 2.47. The van der Waals surface area contributed by atoms with Crippen LogP contribution in [0.5, 0.6) is 11.5 Å². The van der Waals surface area contributed by atoms with Gasteiger partial charge in [0, 0.05) is 12.6 Å². The maximum atomic E-state index is 11.7. The van der Waals surface area contributed by atoms with Crippen LogP contribution in [0.2, 0.25) is 0 Å². The number of hydrogen-bond acceptors (Lipinski definition) is 5. The minimum absolute atomic E-state index is 0.322. The number of amides is 3. The van der Waals surface area contributed by atoms with Gasteiger partial charge in [-0.3, -0.25) is 10.1 Å². The van der Waals surface area contributed by atoms with Crippen molar-refractivity contribution in [2.75, 3.05) is 19.4 Å². The van der Waals surface area contributed by atoms with E-state index in [-0.39, 0.29) is 0 Å². The molecule has 3 amide bonds. The zero-order chi connectivity index (χ0) is 15.1. The van der Waals surface area contributed by atoms with Crippen LogP contribution in [0.4, 0.5) is 10.5 Å². The third kappa shape index (κ3) is 4.34. The molecular formula is C13H19N3O4. The van der Waals surface area contributed by atoms with Crippen LogP contribution in [-0.4, -0.2) is 31.7 Å². The van der Waals surface area contributed by atoms with Crippen molar-refractivity contribution in [1.82, 2.24) is 10.6 Å². The summed E-state index contributed by atoms with van der Waals surface area (Å²) in [4.78, 5) is 23.0. The molecule has 110 valence electrons. The second kappa shape index (κ2) is 7.22. The maximum absolute atomic E-state index is 11.7. The Morgan fingerprint density at radius 3 is 2.70 bits per heavy atom. The van der Waals surface area contributed by atoms with E-state index in [0.29, 0.717) is 23.7 Å². The number of imide groups is 1. The summed E-state index contributed by atoms with van der Waals surface area (Å²) < 4.78 is 10.5. The lowest BCUT2D eigenvalue weighted by molar-refractivity contribution is -0.126. The van der Waals surface area contributed by atoms with E-state index in [2.05, 4.69) is 10.6 Å². The predicted molar refractivity (Wildman–Crippen MR) is 74.7 cm³/mol. The van der Waals surface area contributed by atoms with Gasteiger partial charge in [-0.15, -0.1) is 0 Å². The van der Waals surface area contributed by atoms with E-state index in [1.807, 2.05) is 0 Å². The minimum Gasteiger partial charge on any atom is -0.497 e. The van der Waals surface area contributed by atoms with Gasteiger partial charge in [-0.2, -0.15) is 0 Å². The van der Waals surface area contributed by atoms with Crippen LogP contribution in [-0.2, 0) is 4.79 Å². The highest BCUT2D eigenvalue weighted by Crippen LogP contribution is 2.27. The van der Waals surface area contributed by atoms with Crippen molar-refractivity contribution < 1.29 is 19.1 Å². The van der Waals surface area contributed by atoms with Gasteiger partial charge < -0.3 is 20.5 Å². The van der Waals surface area contributed by atoms with E-state index >= 15 is 0 Å². The van der Waals surface area contributed by atoms with Gasteiger partial charge >= 0.3 is 6.03 Å². The minimum atomic E-state index is -0.869. The Morgan fingerprint density at radius 2 is 2.10 bits per heavy atom. The van der Waals surface area contributed by atoms with Crippen molar-refractivity contribution in [2.45, 2.75) is 20.0 Å². The number of anilines is 1. The Morgan fingerprint density at radius 1 is 1.40 bits per heavy atom. The number of nitrogens with two attached hydrogens (primary N) is 1. The molecule has 1 aromatic carbocycles. The second-order valence-electron chi connectivity index (χ2n) is 4.01. The van der Waals surface area contributed by atoms with Crippen LogP contribution in [0, 0.1) is 0 Å². The van der Waals surface area contributed by atoms with Crippen LogP contribution in [0.15, 0.2) is 18.2 Å². The van der Waals surface area contributed by atoms with Gasteiger partial charge in [0.15, 0.2) is 6.10 Å². The molecule has 0 aromatic heterocycles. The molecule has 0 radical (unpaired) electrons. The van der Waals surface area contributed by atoms with Crippen molar-refractivity contribution in [3.05, 3.63) is 18.2 Å².